The third-order valence-corrected chi connectivity index (χ3v) is 7.41. The van der Waals surface area contributed by atoms with Gasteiger partial charge < -0.3 is 10.1 Å². The number of carbonyl (C=O) groups excluding carboxylic acids is 1. The number of amides is 1. The summed E-state index contributed by atoms with van der Waals surface area (Å²) in [7, 11) is -1.99. The number of pyridine rings is 1. The molecule has 0 bridgehead atoms. The quantitative estimate of drug-likeness (QED) is 0.399. The van der Waals surface area contributed by atoms with E-state index in [9.17, 15) is 17.6 Å². The van der Waals surface area contributed by atoms with Crippen LogP contribution in [0, 0.1) is 5.82 Å². The summed E-state index contributed by atoms with van der Waals surface area (Å²) >= 11 is 0. The first-order valence-electron chi connectivity index (χ1n) is 10.7. The van der Waals surface area contributed by atoms with Crippen LogP contribution in [0.3, 0.4) is 0 Å². The number of rotatable bonds is 7. The molecule has 0 radical (unpaired) electrons. The monoisotopic (exact) mass is 493 g/mol. The Hall–Kier alpha value is -4.12. The van der Waals surface area contributed by atoms with Gasteiger partial charge in [-0.25, -0.2) is 22.8 Å². The number of hydrogen-bond acceptors (Lipinski definition) is 7. The Bertz CT molecular complexity index is 1560. The third kappa shape index (κ3) is 4.76. The lowest BCUT2D eigenvalue weighted by atomic mass is 10.0. The van der Waals surface area contributed by atoms with Gasteiger partial charge in [-0.3, -0.25) is 14.5 Å². The second kappa shape index (κ2) is 8.91. The molecule has 0 unspecified atom stereocenters. The van der Waals surface area contributed by atoms with Gasteiger partial charge >= 0.3 is 0 Å². The molecule has 11 heteroatoms. The molecule has 1 amide bonds. The zero-order valence-corrected chi connectivity index (χ0v) is 19.3. The molecule has 0 spiro atoms. The molecular weight excluding hydrogens is 473 g/mol. The summed E-state index contributed by atoms with van der Waals surface area (Å²) in [5.74, 6) is -0.907. The molecule has 35 heavy (non-hydrogen) atoms. The number of methoxy groups -OCH3 is 1. The maximum absolute atomic E-state index is 14.7. The third-order valence-electron chi connectivity index (χ3n) is 5.54. The molecule has 178 valence electrons. The maximum atomic E-state index is 14.7. The zero-order valence-electron chi connectivity index (χ0n) is 18.5. The normalized spacial score (nSPS) is 13.4. The number of anilines is 2. The van der Waals surface area contributed by atoms with Gasteiger partial charge in [-0.05, 0) is 49.2 Å². The van der Waals surface area contributed by atoms with Crippen LogP contribution in [0.4, 0.5) is 15.8 Å². The maximum Gasteiger partial charge on any atom is 0.293 e. The average molecular weight is 494 g/mol. The molecular formula is C24H20FN5O4S. The summed E-state index contributed by atoms with van der Waals surface area (Å²) in [6, 6.07) is 10.8. The number of sulfonamides is 1. The fourth-order valence-corrected chi connectivity index (χ4v) is 4.94. The highest BCUT2D eigenvalue weighted by Gasteiger charge is 2.35. The molecule has 2 N–H and O–H groups in total. The standard InChI is InChI=1S/C24H20FN5O4S/c1-34-16-4-7-18(20(25)11-16)19-13-26-9-8-21(19)29-24(31)23-27-12-14-2-3-15(10-22(14)28-23)30-35(32,33)17-5-6-17/h2-4,7-13,17,30H,5-6H2,1H3,(H,26,29,31). The van der Waals surface area contributed by atoms with E-state index in [4.69, 9.17) is 4.74 Å². The van der Waals surface area contributed by atoms with Crippen LogP contribution in [-0.4, -0.2) is 41.6 Å². The molecule has 2 heterocycles. The van der Waals surface area contributed by atoms with Crippen molar-refractivity contribution in [3.8, 4) is 16.9 Å². The molecule has 5 rings (SSSR count). The highest BCUT2D eigenvalue weighted by atomic mass is 32.2. The van der Waals surface area contributed by atoms with E-state index in [1.165, 1.54) is 37.8 Å². The van der Waals surface area contributed by atoms with E-state index in [0.717, 1.165) is 0 Å². The molecule has 1 saturated carbocycles. The molecule has 1 aliphatic rings. The highest BCUT2D eigenvalue weighted by Crippen LogP contribution is 2.32. The largest absolute Gasteiger partial charge is 0.497 e. The van der Waals surface area contributed by atoms with Crippen LogP contribution in [0.5, 0.6) is 5.75 Å². The topological polar surface area (TPSA) is 123 Å². The predicted molar refractivity (Wildman–Crippen MR) is 129 cm³/mol. The van der Waals surface area contributed by atoms with Crippen molar-refractivity contribution in [2.24, 2.45) is 0 Å². The SMILES string of the molecule is COc1ccc(-c2cnccc2NC(=O)c2ncc3ccc(NS(=O)(=O)C4CC4)cc3n2)c(F)c1. The number of carbonyl (C=O) groups is 1. The van der Waals surface area contributed by atoms with Crippen molar-refractivity contribution in [1.29, 1.82) is 0 Å². The first-order valence-corrected chi connectivity index (χ1v) is 12.3. The second-order valence-electron chi connectivity index (χ2n) is 8.03. The first kappa shape index (κ1) is 22.7. The fraction of sp³-hybridized carbons (Fsp3) is 0.167. The molecule has 0 saturated heterocycles. The van der Waals surface area contributed by atoms with Crippen molar-refractivity contribution in [2.75, 3.05) is 17.1 Å². The molecule has 0 atom stereocenters. The van der Waals surface area contributed by atoms with E-state index in [-0.39, 0.29) is 16.6 Å². The Morgan fingerprint density at radius 3 is 2.66 bits per heavy atom. The Kier molecular flexibility index (Phi) is 5.77. The number of ether oxygens (including phenoxy) is 1. The lowest BCUT2D eigenvalue weighted by Crippen LogP contribution is -2.17. The Morgan fingerprint density at radius 1 is 1.09 bits per heavy atom. The van der Waals surface area contributed by atoms with Gasteiger partial charge in [0.15, 0.2) is 0 Å². The van der Waals surface area contributed by atoms with Crippen molar-refractivity contribution < 1.29 is 22.3 Å². The smallest absolute Gasteiger partial charge is 0.293 e. The second-order valence-corrected chi connectivity index (χ2v) is 10.00. The number of hydrogen-bond donors (Lipinski definition) is 2. The van der Waals surface area contributed by atoms with Crippen LogP contribution in [0.15, 0.2) is 61.1 Å². The van der Waals surface area contributed by atoms with E-state index in [1.54, 1.807) is 30.3 Å². The van der Waals surface area contributed by atoms with Gasteiger partial charge in [0, 0.05) is 41.2 Å². The fourth-order valence-electron chi connectivity index (χ4n) is 3.56. The number of benzene rings is 2. The van der Waals surface area contributed by atoms with Gasteiger partial charge in [0.2, 0.25) is 15.8 Å². The Morgan fingerprint density at radius 2 is 1.91 bits per heavy atom. The van der Waals surface area contributed by atoms with Crippen LogP contribution in [-0.2, 0) is 10.0 Å². The van der Waals surface area contributed by atoms with Gasteiger partial charge in [-0.1, -0.05) is 0 Å². The van der Waals surface area contributed by atoms with Crippen molar-refractivity contribution in [3.63, 3.8) is 0 Å². The number of nitrogens with one attached hydrogen (secondary N) is 2. The molecule has 2 aromatic carbocycles. The van der Waals surface area contributed by atoms with Crippen LogP contribution in [0.2, 0.25) is 0 Å². The van der Waals surface area contributed by atoms with Gasteiger partial charge in [0.1, 0.15) is 11.6 Å². The van der Waals surface area contributed by atoms with E-state index >= 15 is 0 Å². The Balaban J connectivity index is 1.42. The zero-order chi connectivity index (χ0) is 24.6. The summed E-state index contributed by atoms with van der Waals surface area (Å²) in [6.45, 7) is 0. The van der Waals surface area contributed by atoms with Crippen molar-refractivity contribution in [3.05, 3.63) is 72.7 Å². The van der Waals surface area contributed by atoms with Gasteiger partial charge in [-0.2, -0.15) is 0 Å². The summed E-state index contributed by atoms with van der Waals surface area (Å²) in [5.41, 5.74) is 1.70. The first-order chi connectivity index (χ1) is 16.8. The van der Waals surface area contributed by atoms with Crippen LogP contribution in [0.25, 0.3) is 22.0 Å². The minimum absolute atomic E-state index is 0.127. The van der Waals surface area contributed by atoms with Crippen molar-refractivity contribution in [1.82, 2.24) is 15.0 Å². The summed E-state index contributed by atoms with van der Waals surface area (Å²) in [5, 5.41) is 2.98. The van der Waals surface area contributed by atoms with Crippen LogP contribution in [0.1, 0.15) is 23.5 Å². The highest BCUT2D eigenvalue weighted by molar-refractivity contribution is 7.93. The van der Waals surface area contributed by atoms with E-state index in [0.29, 0.717) is 46.4 Å². The molecule has 1 aliphatic carbocycles. The molecule has 9 nitrogen and oxygen atoms in total. The Labute approximate surface area is 200 Å². The number of nitrogens with zero attached hydrogens (tertiary/aromatic N) is 3. The molecule has 1 fully saturated rings. The number of fused-ring (bicyclic) bond motifs is 1. The minimum Gasteiger partial charge on any atom is -0.497 e. The van der Waals surface area contributed by atoms with Crippen molar-refractivity contribution >= 4 is 38.2 Å². The van der Waals surface area contributed by atoms with Crippen LogP contribution >= 0.6 is 0 Å². The average Bonchev–Trinajstić information content (AvgIpc) is 3.70. The molecule has 4 aromatic rings. The number of halogens is 1. The molecule has 0 aliphatic heterocycles. The van der Waals surface area contributed by atoms with Gasteiger partial charge in [-0.15, -0.1) is 0 Å². The molecule has 2 aromatic heterocycles. The lowest BCUT2D eigenvalue weighted by molar-refractivity contribution is 0.101. The van der Waals surface area contributed by atoms with E-state index in [1.807, 2.05) is 0 Å². The number of aromatic nitrogens is 3. The van der Waals surface area contributed by atoms with Crippen LogP contribution < -0.4 is 14.8 Å². The van der Waals surface area contributed by atoms with Gasteiger partial charge in [0.05, 0.1) is 29.3 Å². The van der Waals surface area contributed by atoms with E-state index in [2.05, 4.69) is 25.0 Å². The van der Waals surface area contributed by atoms with E-state index < -0.39 is 21.7 Å². The summed E-state index contributed by atoms with van der Waals surface area (Å²) < 4.78 is 46.7. The summed E-state index contributed by atoms with van der Waals surface area (Å²) in [4.78, 5) is 25.4. The summed E-state index contributed by atoms with van der Waals surface area (Å²) in [6.07, 6.45) is 5.69. The predicted octanol–water partition coefficient (Wildman–Crippen LogP) is 4.00. The van der Waals surface area contributed by atoms with Gasteiger partial charge in [0.25, 0.3) is 5.91 Å². The minimum atomic E-state index is -3.43. The lowest BCUT2D eigenvalue weighted by Gasteiger charge is -2.12. The van der Waals surface area contributed by atoms with Crippen molar-refractivity contribution in [2.45, 2.75) is 18.1 Å².